The van der Waals surface area contributed by atoms with Crippen molar-refractivity contribution in [3.8, 4) is 0 Å². The van der Waals surface area contributed by atoms with Crippen LogP contribution < -0.4 is 5.32 Å². The third-order valence-corrected chi connectivity index (χ3v) is 4.28. The fourth-order valence-electron chi connectivity index (χ4n) is 2.95. The van der Waals surface area contributed by atoms with Gasteiger partial charge in [-0.15, -0.1) is 0 Å². The Labute approximate surface area is 150 Å². The van der Waals surface area contributed by atoms with Crippen LogP contribution in [0.15, 0.2) is 42.6 Å². The number of carbonyl (C=O) groups excluding carboxylic acids is 1. The number of aliphatic carboxylic acids is 1. The summed E-state index contributed by atoms with van der Waals surface area (Å²) >= 11 is 0. The minimum atomic E-state index is -0.894. The van der Waals surface area contributed by atoms with Crippen molar-refractivity contribution < 1.29 is 14.7 Å². The van der Waals surface area contributed by atoms with E-state index in [4.69, 9.17) is 5.11 Å². The average molecular weight is 352 g/mol. The van der Waals surface area contributed by atoms with Crippen LogP contribution in [-0.4, -0.2) is 31.7 Å². The molecule has 0 spiro atoms. The van der Waals surface area contributed by atoms with Crippen molar-refractivity contribution in [2.24, 2.45) is 7.05 Å². The Morgan fingerprint density at radius 1 is 1.27 bits per heavy atom. The summed E-state index contributed by atoms with van der Waals surface area (Å²) in [5.74, 6) is -1.18. The molecule has 0 fully saturated rings. The van der Waals surface area contributed by atoms with Crippen LogP contribution in [0.2, 0.25) is 0 Å². The number of hydrogen-bond donors (Lipinski definition) is 2. The fraction of sp³-hybridized carbons (Fsp3) is 0.263. The molecule has 1 unspecified atom stereocenters. The van der Waals surface area contributed by atoms with Crippen LogP contribution in [0.1, 0.15) is 40.5 Å². The molecule has 0 bridgehead atoms. The van der Waals surface area contributed by atoms with Gasteiger partial charge in [-0.1, -0.05) is 30.3 Å². The van der Waals surface area contributed by atoms with E-state index in [0.29, 0.717) is 17.6 Å². The molecule has 2 N–H and O–H groups in total. The molecule has 7 nitrogen and oxygen atoms in total. The van der Waals surface area contributed by atoms with Crippen molar-refractivity contribution in [1.29, 1.82) is 0 Å². The maximum absolute atomic E-state index is 12.7. The van der Waals surface area contributed by atoms with E-state index in [1.54, 1.807) is 17.8 Å². The van der Waals surface area contributed by atoms with Gasteiger partial charge in [0, 0.05) is 25.1 Å². The molecule has 3 aromatic rings. The summed E-state index contributed by atoms with van der Waals surface area (Å²) in [7, 11) is 1.80. The van der Waals surface area contributed by atoms with Crippen molar-refractivity contribution in [3.05, 3.63) is 59.4 Å². The largest absolute Gasteiger partial charge is 0.481 e. The number of hydrogen-bond acceptors (Lipinski definition) is 4. The van der Waals surface area contributed by atoms with Gasteiger partial charge >= 0.3 is 5.97 Å². The topological polar surface area (TPSA) is 97.1 Å². The third kappa shape index (κ3) is 3.72. The standard InChI is InChI=1S/C19H20N4O3/c1-12-15-10-14(11-20-18(15)23(2)22-12)19(26)21-16(8-9-17(24)25)13-6-4-3-5-7-13/h3-7,10-11,16H,8-9H2,1-2H3,(H,21,26)(H,24,25). The molecule has 134 valence electrons. The second kappa shape index (κ2) is 7.35. The summed E-state index contributed by atoms with van der Waals surface area (Å²) in [6.07, 6.45) is 1.80. The lowest BCUT2D eigenvalue weighted by atomic mass is 10.0. The lowest BCUT2D eigenvalue weighted by Gasteiger charge is -2.18. The summed E-state index contributed by atoms with van der Waals surface area (Å²) in [6.45, 7) is 1.87. The highest BCUT2D eigenvalue weighted by atomic mass is 16.4. The molecule has 3 rings (SSSR count). The lowest BCUT2D eigenvalue weighted by Crippen LogP contribution is -2.29. The summed E-state index contributed by atoms with van der Waals surface area (Å²) in [5.41, 5.74) is 2.80. The molecule has 1 aromatic carbocycles. The van der Waals surface area contributed by atoms with Gasteiger partial charge in [-0.05, 0) is 25.0 Å². The Morgan fingerprint density at radius 3 is 2.69 bits per heavy atom. The fourth-order valence-corrected chi connectivity index (χ4v) is 2.95. The summed E-state index contributed by atoms with van der Waals surface area (Å²) in [4.78, 5) is 28.0. The number of fused-ring (bicyclic) bond motifs is 1. The third-order valence-electron chi connectivity index (χ3n) is 4.28. The maximum Gasteiger partial charge on any atom is 0.303 e. The second-order valence-electron chi connectivity index (χ2n) is 6.17. The van der Waals surface area contributed by atoms with Crippen LogP contribution in [0.25, 0.3) is 11.0 Å². The number of pyridine rings is 1. The zero-order valence-electron chi connectivity index (χ0n) is 14.6. The van der Waals surface area contributed by atoms with Gasteiger partial charge in [0.15, 0.2) is 5.65 Å². The van der Waals surface area contributed by atoms with Crippen LogP contribution in [-0.2, 0) is 11.8 Å². The highest BCUT2D eigenvalue weighted by molar-refractivity contribution is 5.97. The molecule has 2 heterocycles. The number of aromatic nitrogens is 3. The number of carbonyl (C=O) groups is 2. The minimum absolute atomic E-state index is 0.0289. The first-order valence-electron chi connectivity index (χ1n) is 8.32. The summed E-state index contributed by atoms with van der Waals surface area (Å²) < 4.78 is 1.67. The highest BCUT2D eigenvalue weighted by Crippen LogP contribution is 2.21. The number of nitrogens with zero attached hydrogens (tertiary/aromatic N) is 3. The van der Waals surface area contributed by atoms with E-state index >= 15 is 0 Å². The monoisotopic (exact) mass is 352 g/mol. The van der Waals surface area contributed by atoms with Crippen molar-refractivity contribution in [3.63, 3.8) is 0 Å². The second-order valence-corrected chi connectivity index (χ2v) is 6.17. The molecule has 0 aliphatic rings. The van der Waals surface area contributed by atoms with E-state index in [1.165, 1.54) is 6.20 Å². The van der Waals surface area contributed by atoms with E-state index in [0.717, 1.165) is 16.6 Å². The number of aryl methyl sites for hydroxylation is 2. The van der Waals surface area contributed by atoms with Crippen LogP contribution in [0.4, 0.5) is 0 Å². The lowest BCUT2D eigenvalue weighted by molar-refractivity contribution is -0.137. The molecule has 1 amide bonds. The highest BCUT2D eigenvalue weighted by Gasteiger charge is 2.18. The van der Waals surface area contributed by atoms with Crippen LogP contribution in [0, 0.1) is 6.92 Å². The summed E-state index contributed by atoms with van der Waals surface area (Å²) in [6, 6.07) is 10.7. The minimum Gasteiger partial charge on any atom is -0.481 e. The van der Waals surface area contributed by atoms with Gasteiger partial charge in [0.2, 0.25) is 0 Å². The molecular formula is C19H20N4O3. The number of carboxylic acid groups (broad SMARTS) is 1. The zero-order chi connectivity index (χ0) is 18.7. The molecule has 0 radical (unpaired) electrons. The SMILES string of the molecule is Cc1nn(C)c2ncc(C(=O)NC(CCC(=O)O)c3ccccc3)cc12. The molecular weight excluding hydrogens is 332 g/mol. The first-order valence-corrected chi connectivity index (χ1v) is 8.32. The quantitative estimate of drug-likeness (QED) is 0.711. The van der Waals surface area contributed by atoms with Gasteiger partial charge in [-0.25, -0.2) is 4.98 Å². The molecule has 0 aliphatic heterocycles. The Kier molecular flexibility index (Phi) is 4.97. The normalized spacial score (nSPS) is 12.1. The van der Waals surface area contributed by atoms with Crippen LogP contribution >= 0.6 is 0 Å². The maximum atomic E-state index is 12.7. The van der Waals surface area contributed by atoms with Gasteiger partial charge in [0.05, 0.1) is 17.3 Å². The van der Waals surface area contributed by atoms with Gasteiger partial charge in [-0.3, -0.25) is 14.3 Å². The number of nitrogens with one attached hydrogen (secondary N) is 1. The van der Waals surface area contributed by atoms with E-state index < -0.39 is 5.97 Å². The number of benzene rings is 1. The van der Waals surface area contributed by atoms with E-state index in [1.807, 2.05) is 37.3 Å². The van der Waals surface area contributed by atoms with Gasteiger partial charge in [0.1, 0.15) is 0 Å². The van der Waals surface area contributed by atoms with Gasteiger partial charge in [-0.2, -0.15) is 5.10 Å². The summed E-state index contributed by atoms with van der Waals surface area (Å²) in [5, 5.41) is 17.0. The van der Waals surface area contributed by atoms with Crippen molar-refractivity contribution in [1.82, 2.24) is 20.1 Å². The first-order chi connectivity index (χ1) is 12.5. The van der Waals surface area contributed by atoms with Crippen molar-refractivity contribution >= 4 is 22.9 Å². The molecule has 0 saturated carbocycles. The van der Waals surface area contributed by atoms with Crippen LogP contribution in [0.5, 0.6) is 0 Å². The molecule has 0 saturated heterocycles. The molecule has 26 heavy (non-hydrogen) atoms. The first kappa shape index (κ1) is 17.6. The van der Waals surface area contributed by atoms with Gasteiger partial charge in [0.25, 0.3) is 5.91 Å². The Hall–Kier alpha value is -3.22. The average Bonchev–Trinajstić information content (AvgIpc) is 2.92. The zero-order valence-corrected chi connectivity index (χ0v) is 14.6. The smallest absolute Gasteiger partial charge is 0.303 e. The van der Waals surface area contributed by atoms with E-state index in [-0.39, 0.29) is 18.4 Å². The molecule has 0 aliphatic carbocycles. The Balaban J connectivity index is 1.85. The van der Waals surface area contributed by atoms with Crippen molar-refractivity contribution in [2.75, 3.05) is 0 Å². The Bertz CT molecular complexity index is 950. The Morgan fingerprint density at radius 2 is 2.00 bits per heavy atom. The number of rotatable bonds is 6. The van der Waals surface area contributed by atoms with E-state index in [9.17, 15) is 9.59 Å². The van der Waals surface area contributed by atoms with Crippen LogP contribution in [0.3, 0.4) is 0 Å². The number of carboxylic acids is 1. The molecule has 7 heteroatoms. The molecule has 1 atom stereocenters. The molecule has 2 aromatic heterocycles. The van der Waals surface area contributed by atoms with Crippen molar-refractivity contribution in [2.45, 2.75) is 25.8 Å². The predicted octanol–water partition coefficient (Wildman–Crippen LogP) is 2.61. The van der Waals surface area contributed by atoms with Gasteiger partial charge < -0.3 is 10.4 Å². The number of amides is 1. The predicted molar refractivity (Wildman–Crippen MR) is 96.8 cm³/mol. The van der Waals surface area contributed by atoms with E-state index in [2.05, 4.69) is 15.4 Å².